The minimum Gasteiger partial charge on any atom is -0.478 e. The topological polar surface area (TPSA) is 73.8 Å². The number of hydrogen-bond donors (Lipinski definition) is 3. The molecule has 0 fully saturated rings. The van der Waals surface area contributed by atoms with Crippen LogP contribution in [0.5, 0.6) is 0 Å². The second-order valence-electron chi connectivity index (χ2n) is 4.60. The molecule has 1 aliphatic heterocycles. The number of carbonyl (C=O) groups is 1. The molecule has 0 radical (unpaired) electrons. The van der Waals surface area contributed by atoms with Crippen molar-refractivity contribution in [2.75, 3.05) is 10.3 Å². The number of carbonyl (C=O) groups excluding carboxylic acids is 1. The largest absolute Gasteiger partial charge is 0.478 e. The number of hydrazine groups is 1. The zero-order valence-corrected chi connectivity index (χ0v) is 11.6. The molecule has 23 heavy (non-hydrogen) atoms. The first kappa shape index (κ1) is 14.6. The highest BCUT2D eigenvalue weighted by molar-refractivity contribution is 5.75. The van der Waals surface area contributed by atoms with Crippen LogP contribution < -0.4 is 15.8 Å². The van der Waals surface area contributed by atoms with Gasteiger partial charge in [0.05, 0.1) is 5.69 Å². The number of aliphatic hydroxyl groups is 1. The monoisotopic (exact) mass is 319 g/mol. The molecule has 0 saturated heterocycles. The van der Waals surface area contributed by atoms with Crippen LogP contribution >= 0.6 is 0 Å². The molecule has 2 aromatic carbocycles. The van der Waals surface area contributed by atoms with E-state index in [1.165, 1.54) is 53.5 Å². The van der Waals surface area contributed by atoms with E-state index >= 15 is 0 Å². The van der Waals surface area contributed by atoms with Gasteiger partial charge in [0.25, 0.3) is 0 Å². The van der Waals surface area contributed by atoms with Gasteiger partial charge in [-0.3, -0.25) is 0 Å². The maximum absolute atomic E-state index is 13.0. The minimum absolute atomic E-state index is 0.0113. The van der Waals surface area contributed by atoms with E-state index in [0.29, 0.717) is 11.4 Å². The number of hydrogen-bond acceptors (Lipinski definition) is 5. The van der Waals surface area contributed by atoms with Crippen molar-refractivity contribution in [1.29, 1.82) is 0 Å². The SMILES string of the molecule is O=C1NN(c2ccc(F)cc2)C(Nc2ccc(F)cc2)=C(O)O1. The van der Waals surface area contributed by atoms with Gasteiger partial charge in [0.15, 0.2) is 0 Å². The van der Waals surface area contributed by atoms with Crippen LogP contribution in [0.1, 0.15) is 0 Å². The predicted octanol–water partition coefficient (Wildman–Crippen LogP) is 3.22. The van der Waals surface area contributed by atoms with Gasteiger partial charge >= 0.3 is 12.0 Å². The number of ether oxygens (including phenoxy) is 1. The summed E-state index contributed by atoms with van der Waals surface area (Å²) in [5.74, 6) is -1.56. The third-order valence-electron chi connectivity index (χ3n) is 3.01. The quantitative estimate of drug-likeness (QED) is 0.810. The number of nitrogens with zero attached hydrogens (tertiary/aromatic N) is 1. The molecular weight excluding hydrogens is 308 g/mol. The second-order valence-corrected chi connectivity index (χ2v) is 4.60. The van der Waals surface area contributed by atoms with E-state index in [9.17, 15) is 18.7 Å². The fraction of sp³-hybridized carbons (Fsp3) is 0. The number of nitrogens with one attached hydrogen (secondary N) is 2. The highest BCUT2D eigenvalue weighted by Gasteiger charge is 2.28. The molecule has 8 heteroatoms. The van der Waals surface area contributed by atoms with Crippen molar-refractivity contribution in [2.24, 2.45) is 0 Å². The van der Waals surface area contributed by atoms with Crippen LogP contribution in [0.2, 0.25) is 0 Å². The van der Waals surface area contributed by atoms with Crippen LogP contribution in [-0.4, -0.2) is 11.2 Å². The van der Waals surface area contributed by atoms with E-state index in [1.54, 1.807) is 0 Å². The number of rotatable bonds is 3. The van der Waals surface area contributed by atoms with Crippen LogP contribution in [-0.2, 0) is 4.74 Å². The van der Waals surface area contributed by atoms with Crippen LogP contribution in [0.3, 0.4) is 0 Å². The summed E-state index contributed by atoms with van der Waals surface area (Å²) in [7, 11) is 0. The molecule has 0 saturated carbocycles. The summed E-state index contributed by atoms with van der Waals surface area (Å²) in [5.41, 5.74) is 3.18. The lowest BCUT2D eigenvalue weighted by molar-refractivity contribution is 0.107. The molecule has 0 aromatic heterocycles. The highest BCUT2D eigenvalue weighted by Crippen LogP contribution is 2.24. The van der Waals surface area contributed by atoms with E-state index in [2.05, 4.69) is 15.5 Å². The summed E-state index contributed by atoms with van der Waals surface area (Å²) >= 11 is 0. The highest BCUT2D eigenvalue weighted by atomic mass is 19.1. The summed E-state index contributed by atoms with van der Waals surface area (Å²) in [6, 6.07) is 10.5. The van der Waals surface area contributed by atoms with Gasteiger partial charge in [-0.2, -0.15) is 0 Å². The first-order chi connectivity index (χ1) is 11.0. The Morgan fingerprint density at radius 1 is 1.00 bits per heavy atom. The molecule has 0 atom stereocenters. The normalized spacial score (nSPS) is 14.3. The molecule has 118 valence electrons. The summed E-state index contributed by atoms with van der Waals surface area (Å²) in [4.78, 5) is 11.4. The first-order valence-electron chi connectivity index (χ1n) is 6.53. The smallest absolute Gasteiger partial charge is 0.434 e. The summed E-state index contributed by atoms with van der Waals surface area (Å²) in [6.45, 7) is 0. The number of cyclic esters (lactones) is 1. The maximum atomic E-state index is 13.0. The Hall–Kier alpha value is -3.29. The number of amides is 1. The number of aliphatic hydroxyl groups excluding tert-OH is 1. The van der Waals surface area contributed by atoms with Crippen molar-refractivity contribution < 1.29 is 23.4 Å². The molecule has 6 nitrogen and oxygen atoms in total. The lowest BCUT2D eigenvalue weighted by Gasteiger charge is -2.31. The van der Waals surface area contributed by atoms with Gasteiger partial charge in [-0.25, -0.2) is 24.0 Å². The Balaban J connectivity index is 1.95. The Morgan fingerprint density at radius 2 is 1.57 bits per heavy atom. The molecule has 0 unspecified atom stereocenters. The maximum Gasteiger partial charge on any atom is 0.434 e. The Bertz CT molecular complexity index is 761. The Morgan fingerprint density at radius 3 is 2.17 bits per heavy atom. The fourth-order valence-corrected chi connectivity index (χ4v) is 1.96. The van der Waals surface area contributed by atoms with Gasteiger partial charge in [0.1, 0.15) is 11.6 Å². The molecule has 3 N–H and O–H groups in total. The molecule has 0 spiro atoms. The lowest BCUT2D eigenvalue weighted by atomic mass is 10.3. The minimum atomic E-state index is -0.906. The average molecular weight is 319 g/mol. The van der Waals surface area contributed by atoms with Gasteiger partial charge in [0, 0.05) is 5.69 Å². The molecular formula is C15H11F2N3O3. The predicted molar refractivity (Wildman–Crippen MR) is 78.2 cm³/mol. The molecule has 1 aliphatic rings. The zero-order valence-electron chi connectivity index (χ0n) is 11.6. The molecule has 0 bridgehead atoms. The Labute approximate surface area is 129 Å². The van der Waals surface area contributed by atoms with E-state index in [0.717, 1.165) is 0 Å². The van der Waals surface area contributed by atoms with E-state index in [1.807, 2.05) is 0 Å². The van der Waals surface area contributed by atoms with Crippen molar-refractivity contribution in [2.45, 2.75) is 0 Å². The molecule has 1 amide bonds. The summed E-state index contributed by atoms with van der Waals surface area (Å²) < 4.78 is 30.6. The van der Waals surface area contributed by atoms with Crippen molar-refractivity contribution in [3.05, 3.63) is 71.9 Å². The lowest BCUT2D eigenvalue weighted by Crippen LogP contribution is -2.48. The molecule has 2 aromatic rings. The fourth-order valence-electron chi connectivity index (χ4n) is 1.96. The van der Waals surface area contributed by atoms with Crippen molar-refractivity contribution in [1.82, 2.24) is 5.43 Å². The van der Waals surface area contributed by atoms with Crippen LogP contribution in [0.4, 0.5) is 25.0 Å². The standard InChI is InChI=1S/C15H11F2N3O3/c16-9-1-5-11(6-2-9)18-13-14(21)23-15(22)19-20(13)12-7-3-10(17)4-8-12/h1-8,18,21H,(H,19,22). The van der Waals surface area contributed by atoms with Gasteiger partial charge < -0.3 is 15.2 Å². The summed E-state index contributed by atoms with van der Waals surface area (Å²) in [5, 5.41) is 13.9. The van der Waals surface area contributed by atoms with Crippen molar-refractivity contribution in [3.8, 4) is 0 Å². The van der Waals surface area contributed by atoms with E-state index in [-0.39, 0.29) is 5.82 Å². The zero-order chi connectivity index (χ0) is 16.4. The number of halogens is 2. The number of anilines is 2. The van der Waals surface area contributed by atoms with E-state index in [4.69, 9.17) is 0 Å². The van der Waals surface area contributed by atoms with E-state index < -0.39 is 23.7 Å². The Kier molecular flexibility index (Phi) is 3.71. The van der Waals surface area contributed by atoms with Gasteiger partial charge in [-0.05, 0) is 48.5 Å². The molecule has 0 aliphatic carbocycles. The van der Waals surface area contributed by atoms with Gasteiger partial charge in [-0.1, -0.05) is 0 Å². The number of benzene rings is 2. The molecule has 1 heterocycles. The van der Waals surface area contributed by atoms with Crippen LogP contribution in [0.25, 0.3) is 0 Å². The summed E-state index contributed by atoms with van der Waals surface area (Å²) in [6.07, 6.45) is -0.906. The van der Waals surface area contributed by atoms with Crippen molar-refractivity contribution >= 4 is 17.5 Å². The first-order valence-corrected chi connectivity index (χ1v) is 6.53. The van der Waals surface area contributed by atoms with Gasteiger partial charge in [0.2, 0.25) is 5.82 Å². The molecule has 3 rings (SSSR count). The van der Waals surface area contributed by atoms with Crippen molar-refractivity contribution in [3.63, 3.8) is 0 Å². The average Bonchev–Trinajstić information content (AvgIpc) is 2.52. The van der Waals surface area contributed by atoms with Crippen LogP contribution in [0, 0.1) is 11.6 Å². The second kappa shape index (κ2) is 5.84. The third-order valence-corrected chi connectivity index (χ3v) is 3.01. The third kappa shape index (κ3) is 3.15. The van der Waals surface area contributed by atoms with Crippen LogP contribution in [0.15, 0.2) is 60.3 Å². The van der Waals surface area contributed by atoms with Gasteiger partial charge in [-0.15, -0.1) is 0 Å².